The molecule has 1 aliphatic rings. The Morgan fingerprint density at radius 1 is 0.914 bits per heavy atom. The third kappa shape index (κ3) is 3.76. The van der Waals surface area contributed by atoms with Gasteiger partial charge < -0.3 is 4.42 Å². The van der Waals surface area contributed by atoms with Gasteiger partial charge in [0.1, 0.15) is 11.3 Å². The summed E-state index contributed by atoms with van der Waals surface area (Å²) in [4.78, 5) is -0.159. The number of halogens is 1. The predicted molar refractivity (Wildman–Crippen MR) is 126 cm³/mol. The first-order valence-corrected chi connectivity index (χ1v) is 13.9. The SMILES string of the molecule is Cc1ccc(S(=O)(=O)n2c(S(=O)(=O)N3CCCC3)cc3c(-c4nnc(C)o4)c(C)cc(F)c32)cc1. The molecule has 1 saturated heterocycles. The van der Waals surface area contributed by atoms with Gasteiger partial charge in [-0.05, 0) is 56.5 Å². The van der Waals surface area contributed by atoms with Gasteiger partial charge in [-0.25, -0.2) is 25.2 Å². The van der Waals surface area contributed by atoms with E-state index in [9.17, 15) is 16.8 Å². The van der Waals surface area contributed by atoms with Crippen LogP contribution >= 0.6 is 0 Å². The Morgan fingerprint density at radius 3 is 2.17 bits per heavy atom. The minimum absolute atomic E-state index is 0.0417. The zero-order chi connectivity index (χ0) is 25.1. The number of aryl methyl sites for hydroxylation is 3. The number of rotatable bonds is 5. The van der Waals surface area contributed by atoms with E-state index in [1.807, 2.05) is 0 Å². The van der Waals surface area contributed by atoms with Crippen molar-refractivity contribution in [3.8, 4) is 11.5 Å². The van der Waals surface area contributed by atoms with E-state index in [-0.39, 0.29) is 46.2 Å². The van der Waals surface area contributed by atoms with Gasteiger partial charge in [0.2, 0.25) is 11.8 Å². The summed E-state index contributed by atoms with van der Waals surface area (Å²) >= 11 is 0. The summed E-state index contributed by atoms with van der Waals surface area (Å²) in [6.07, 6.45) is 1.31. The van der Waals surface area contributed by atoms with E-state index in [1.54, 1.807) is 32.9 Å². The fourth-order valence-electron chi connectivity index (χ4n) is 4.41. The molecule has 1 aliphatic heterocycles. The molecule has 0 amide bonds. The summed E-state index contributed by atoms with van der Waals surface area (Å²) in [6, 6.07) is 8.28. The van der Waals surface area contributed by atoms with Gasteiger partial charge in [-0.15, -0.1) is 10.2 Å². The number of sulfonamides is 1. The molecule has 0 unspecified atom stereocenters. The maximum absolute atomic E-state index is 15.5. The molecule has 5 rings (SSSR count). The molecule has 9 nitrogen and oxygen atoms in total. The first kappa shape index (κ1) is 23.6. The van der Waals surface area contributed by atoms with Crippen LogP contribution in [-0.4, -0.2) is 48.4 Å². The van der Waals surface area contributed by atoms with Crippen molar-refractivity contribution in [3.05, 3.63) is 59.2 Å². The van der Waals surface area contributed by atoms with Gasteiger partial charge in [0.05, 0.1) is 10.5 Å². The van der Waals surface area contributed by atoms with E-state index in [0.29, 0.717) is 22.4 Å². The lowest BCUT2D eigenvalue weighted by Gasteiger charge is -2.18. The summed E-state index contributed by atoms with van der Waals surface area (Å²) in [6.45, 7) is 5.50. The largest absolute Gasteiger partial charge is 0.421 e. The molecule has 0 atom stereocenters. The second kappa shape index (κ2) is 8.25. The predicted octanol–water partition coefficient (Wildman–Crippen LogP) is 3.78. The Morgan fingerprint density at radius 2 is 1.57 bits per heavy atom. The average molecular weight is 519 g/mol. The molecule has 0 N–H and O–H groups in total. The maximum Gasteiger partial charge on any atom is 0.269 e. The standard InChI is InChI=1S/C23H23FN4O5S2/c1-14-6-8-17(9-7-14)34(29,30)28-20(35(31,32)27-10-4-5-11-27)13-18-21(23-26-25-16(3)33-23)15(2)12-19(24)22(18)28/h6-9,12-13H,4-5,10-11H2,1-3H3. The van der Waals surface area contributed by atoms with E-state index in [0.717, 1.165) is 11.6 Å². The molecule has 0 bridgehead atoms. The Bertz CT molecular complexity index is 1670. The monoisotopic (exact) mass is 518 g/mol. The van der Waals surface area contributed by atoms with Crippen LogP contribution in [0, 0.1) is 26.6 Å². The van der Waals surface area contributed by atoms with Crippen LogP contribution in [0.1, 0.15) is 29.9 Å². The quantitative estimate of drug-likeness (QED) is 0.395. The van der Waals surface area contributed by atoms with Crippen LogP contribution in [0.3, 0.4) is 0 Å². The van der Waals surface area contributed by atoms with E-state index < -0.39 is 30.9 Å². The second-order valence-electron chi connectivity index (χ2n) is 8.62. The molecular formula is C23H23FN4O5S2. The third-order valence-corrected chi connectivity index (χ3v) is 9.85. The van der Waals surface area contributed by atoms with Crippen LogP contribution < -0.4 is 0 Å². The highest BCUT2D eigenvalue weighted by atomic mass is 32.2. The topological polar surface area (TPSA) is 115 Å². The van der Waals surface area contributed by atoms with Crippen LogP contribution in [0.5, 0.6) is 0 Å². The van der Waals surface area contributed by atoms with Crippen LogP contribution in [0.15, 0.2) is 50.7 Å². The van der Waals surface area contributed by atoms with Crippen molar-refractivity contribution in [1.29, 1.82) is 0 Å². The lowest BCUT2D eigenvalue weighted by molar-refractivity contribution is 0.472. The normalized spacial score (nSPS) is 15.3. The minimum Gasteiger partial charge on any atom is -0.421 e. The van der Waals surface area contributed by atoms with Crippen molar-refractivity contribution in [1.82, 2.24) is 18.5 Å². The van der Waals surface area contributed by atoms with Gasteiger partial charge in [0, 0.05) is 25.4 Å². The van der Waals surface area contributed by atoms with Gasteiger partial charge in [-0.1, -0.05) is 17.7 Å². The molecule has 4 aromatic rings. The minimum atomic E-state index is -4.51. The number of nitrogens with zero attached hydrogens (tertiary/aromatic N) is 4. The molecule has 3 heterocycles. The van der Waals surface area contributed by atoms with Crippen LogP contribution in [0.4, 0.5) is 4.39 Å². The third-order valence-electron chi connectivity index (χ3n) is 6.13. The molecule has 12 heteroatoms. The first-order chi connectivity index (χ1) is 16.5. The number of aromatic nitrogens is 3. The molecule has 0 spiro atoms. The highest BCUT2D eigenvalue weighted by Crippen LogP contribution is 2.39. The zero-order valence-corrected chi connectivity index (χ0v) is 21.0. The van der Waals surface area contributed by atoms with Crippen molar-refractivity contribution >= 4 is 30.9 Å². The zero-order valence-electron chi connectivity index (χ0n) is 19.3. The fourth-order valence-corrected chi connectivity index (χ4v) is 7.96. The average Bonchev–Trinajstić information content (AvgIpc) is 3.54. The summed E-state index contributed by atoms with van der Waals surface area (Å²) in [7, 11) is -8.78. The maximum atomic E-state index is 15.5. The summed E-state index contributed by atoms with van der Waals surface area (Å²) in [5.41, 5.74) is 1.10. The summed E-state index contributed by atoms with van der Waals surface area (Å²) in [5, 5.41) is 7.35. The first-order valence-electron chi connectivity index (χ1n) is 11.0. The Kier molecular flexibility index (Phi) is 5.57. The highest BCUT2D eigenvalue weighted by molar-refractivity contribution is 7.92. The lowest BCUT2D eigenvalue weighted by atomic mass is 10.0. The number of fused-ring (bicyclic) bond motifs is 1. The molecule has 0 radical (unpaired) electrons. The van der Waals surface area contributed by atoms with Crippen molar-refractivity contribution < 1.29 is 25.6 Å². The Balaban J connectivity index is 1.91. The molecule has 184 valence electrons. The fraction of sp³-hybridized carbons (Fsp3) is 0.304. The van der Waals surface area contributed by atoms with Gasteiger partial charge in [0.25, 0.3) is 20.0 Å². The Labute approximate surface area is 202 Å². The summed E-state index contributed by atoms with van der Waals surface area (Å²) < 4.78 is 78.0. The molecule has 2 aromatic heterocycles. The number of benzene rings is 2. The van der Waals surface area contributed by atoms with Gasteiger partial charge in [-0.2, -0.15) is 4.31 Å². The van der Waals surface area contributed by atoms with E-state index in [4.69, 9.17) is 4.42 Å². The van der Waals surface area contributed by atoms with Gasteiger partial charge in [-0.3, -0.25) is 0 Å². The van der Waals surface area contributed by atoms with Gasteiger partial charge >= 0.3 is 0 Å². The molecular weight excluding hydrogens is 495 g/mol. The summed E-state index contributed by atoms with van der Waals surface area (Å²) in [5.74, 6) is -0.579. The molecule has 35 heavy (non-hydrogen) atoms. The number of hydrogen-bond donors (Lipinski definition) is 0. The lowest BCUT2D eigenvalue weighted by Crippen LogP contribution is -2.31. The highest BCUT2D eigenvalue weighted by Gasteiger charge is 2.37. The number of hydrogen-bond acceptors (Lipinski definition) is 7. The van der Waals surface area contributed by atoms with E-state index in [1.165, 1.54) is 22.5 Å². The van der Waals surface area contributed by atoms with E-state index >= 15 is 4.39 Å². The van der Waals surface area contributed by atoms with Crippen LogP contribution in [-0.2, 0) is 20.0 Å². The van der Waals surface area contributed by atoms with Crippen molar-refractivity contribution in [3.63, 3.8) is 0 Å². The van der Waals surface area contributed by atoms with Crippen molar-refractivity contribution in [2.75, 3.05) is 13.1 Å². The smallest absolute Gasteiger partial charge is 0.269 e. The molecule has 2 aromatic carbocycles. The van der Waals surface area contributed by atoms with Crippen molar-refractivity contribution in [2.45, 2.75) is 43.5 Å². The molecule has 1 fully saturated rings. The van der Waals surface area contributed by atoms with Crippen LogP contribution in [0.2, 0.25) is 0 Å². The van der Waals surface area contributed by atoms with E-state index in [2.05, 4.69) is 10.2 Å². The molecule has 0 aliphatic carbocycles. The van der Waals surface area contributed by atoms with Crippen LogP contribution in [0.25, 0.3) is 22.4 Å². The molecule has 0 saturated carbocycles. The Hall–Kier alpha value is -3.09. The van der Waals surface area contributed by atoms with Gasteiger partial charge in [0.15, 0.2) is 5.03 Å². The second-order valence-corrected chi connectivity index (χ2v) is 12.3. The van der Waals surface area contributed by atoms with Crippen molar-refractivity contribution in [2.24, 2.45) is 0 Å².